The van der Waals surface area contributed by atoms with Crippen LogP contribution in [0.2, 0.25) is 0 Å². The molecule has 29 rings (SSSR count). The highest BCUT2D eigenvalue weighted by Crippen LogP contribution is 2.48. The Bertz CT molecular complexity index is 9400. The minimum Gasteiger partial charge on any atom is -0.458 e. The number of benzene rings is 18. The van der Waals surface area contributed by atoms with Gasteiger partial charge in [-0.3, -0.25) is 0 Å². The van der Waals surface area contributed by atoms with E-state index in [1.54, 1.807) is 0 Å². The van der Waals surface area contributed by atoms with E-state index < -0.39 is 0 Å². The second-order valence-corrected chi connectivity index (χ2v) is 46.1. The summed E-state index contributed by atoms with van der Waals surface area (Å²) in [5.41, 5.74) is 39.1. The highest BCUT2D eigenvalue weighted by Gasteiger charge is 2.46. The molecule has 6 aliphatic heterocycles. The van der Waals surface area contributed by atoms with Crippen molar-refractivity contribution in [3.05, 3.63) is 410 Å². The van der Waals surface area contributed by atoms with Crippen LogP contribution in [0, 0.1) is 0 Å². The van der Waals surface area contributed by atoms with Crippen LogP contribution in [0.5, 0.6) is 34.5 Å². The topological polar surface area (TPSA) is 120 Å². The van der Waals surface area contributed by atoms with Crippen LogP contribution in [0.1, 0.15) is 132 Å². The third kappa shape index (κ3) is 15.0. The molecule has 0 N–H and O–H groups in total. The Labute approximate surface area is 869 Å². The van der Waals surface area contributed by atoms with Crippen LogP contribution in [0.25, 0.3) is 173 Å². The summed E-state index contributed by atoms with van der Waals surface area (Å²) in [6, 6.07) is 137. The maximum Gasteiger partial charge on any atom is 0.256 e. The molecule has 23 aromatic rings. The van der Waals surface area contributed by atoms with Crippen molar-refractivity contribution in [1.82, 2.24) is 43.6 Å². The molecule has 0 aliphatic carbocycles. The molecule has 0 bridgehead atoms. The minimum atomic E-state index is -0.128. The molecule has 0 fully saturated rings. The molecule has 6 aliphatic rings. The van der Waals surface area contributed by atoms with Gasteiger partial charge in [-0.15, -0.1) is 0 Å². The summed E-state index contributed by atoms with van der Waals surface area (Å²) in [6.45, 7) is 34.3. The van der Waals surface area contributed by atoms with Gasteiger partial charge in [0.15, 0.2) is 34.9 Å². The van der Waals surface area contributed by atoms with Crippen LogP contribution in [-0.2, 0) is 27.1 Å². The van der Waals surface area contributed by atoms with E-state index in [4.69, 9.17) is 44.1 Å². The normalized spacial score (nSPS) is 13.2. The van der Waals surface area contributed by atoms with Gasteiger partial charge in [-0.25, -0.2) is 29.9 Å². The van der Waals surface area contributed by atoms with Crippen LogP contribution < -0.4 is 63.4 Å². The van der Waals surface area contributed by atoms with E-state index in [0.29, 0.717) is 34.9 Å². The van der Waals surface area contributed by atoms with Gasteiger partial charge in [-0.1, -0.05) is 371 Å². The van der Waals surface area contributed by atoms with E-state index >= 15 is 0 Å². The van der Waals surface area contributed by atoms with Crippen molar-refractivity contribution < 1.29 is 14.2 Å². The number of rotatable bonds is 8. The third-order valence-corrected chi connectivity index (χ3v) is 31.4. The quantitative estimate of drug-likeness (QED) is 0.137. The Kier molecular flexibility index (Phi) is 20.6. The van der Waals surface area contributed by atoms with Gasteiger partial charge in [0.1, 0.15) is 34.5 Å². The zero-order valence-electron chi connectivity index (χ0n) is 86.4. The van der Waals surface area contributed by atoms with Gasteiger partial charge in [0, 0.05) is 99.3 Å². The monoisotopic (exact) mass is 1920 g/mol. The first-order valence-corrected chi connectivity index (χ1v) is 52.1. The van der Waals surface area contributed by atoms with Crippen molar-refractivity contribution in [3.8, 4) is 142 Å². The fourth-order valence-electron chi connectivity index (χ4n) is 23.7. The Morgan fingerprint density at radius 1 is 0.181 bits per heavy atom. The van der Waals surface area contributed by atoms with E-state index in [9.17, 15) is 0 Å². The van der Waals surface area contributed by atoms with Crippen LogP contribution in [-0.4, -0.2) is 63.7 Å². The highest BCUT2D eigenvalue weighted by atomic mass is 16.5. The number of nitrogens with zero attached hydrogens (tertiary/aromatic N) is 9. The largest absolute Gasteiger partial charge is 0.458 e. The summed E-state index contributed by atoms with van der Waals surface area (Å²) in [5.74, 6) is 9.26. The van der Waals surface area contributed by atoms with Gasteiger partial charge in [-0.05, 0) is 242 Å². The van der Waals surface area contributed by atoms with Crippen LogP contribution in [0.15, 0.2) is 382 Å². The van der Waals surface area contributed by atoms with Crippen LogP contribution >= 0.6 is 0 Å². The van der Waals surface area contributed by atoms with E-state index in [1.807, 2.05) is 121 Å². The molecule has 5 aromatic heterocycles. The first-order valence-electron chi connectivity index (χ1n) is 52.1. The van der Waals surface area contributed by atoms with Crippen LogP contribution in [0.4, 0.5) is 0 Å². The van der Waals surface area contributed by atoms with E-state index in [-0.39, 0.29) is 47.2 Å². The molecular formula is C134H108B3N9O3. The number of fused-ring (bicyclic) bond motifs is 21. The summed E-state index contributed by atoms with van der Waals surface area (Å²) in [7, 11) is 0. The van der Waals surface area contributed by atoms with E-state index in [2.05, 4.69) is 378 Å². The summed E-state index contributed by atoms with van der Waals surface area (Å²) in [5, 5.41) is 7.39. The molecule has 11 heterocycles. The van der Waals surface area contributed by atoms with Crippen molar-refractivity contribution >= 4 is 135 Å². The Hall–Kier alpha value is -17.0. The van der Waals surface area contributed by atoms with Crippen LogP contribution in [0.3, 0.4) is 0 Å². The van der Waals surface area contributed by atoms with Gasteiger partial charge in [0.25, 0.3) is 20.1 Å². The predicted octanol–water partition coefficient (Wildman–Crippen LogP) is 27.4. The second-order valence-electron chi connectivity index (χ2n) is 46.1. The fraction of sp³-hybridized carbons (Fsp3) is 0.149. The smallest absolute Gasteiger partial charge is 0.256 e. The molecule has 0 unspecified atom stereocenters. The lowest BCUT2D eigenvalue weighted by Crippen LogP contribution is -2.58. The standard InChI is InChI=1S/C58H40BN7O.C40H30BNO.C36H38BNO/c1-58(2,3)41-28-29-44-49(34-41)67-48-26-16-25-47-50(48)59(44)45-33-40(57-64-54(37-21-12-6-13-22-37)61-55(65-57)38-23-14-7-15-24-38)32-43-42-31-39(27-30-46(42)66(47)51(43)45)56-62-52(35-17-8-4-9-18-35)60-53(63-56)36-19-10-5-11-20-36;1-40(2,3)29-18-19-32-37(24-29)43-36-16-10-15-35-38(36)41(32)33-23-28(26-13-8-5-9-14-26)22-31-30-21-27(25-11-6-4-7-12-25)17-20-34(30)42(35)39(31)33;1-34(2,3)21-14-16-28-24(17-21)25-18-23(36(7,8)9)19-27-33(25)38(28)29-11-10-12-30-32(29)37(27)26-15-13-22(35(4,5)6)20-31(26)39-30/h4-34H,1-3H3;4-24H,1-3H3;10-20H,1-9H3. The molecule has 0 radical (unpaired) electrons. The van der Waals surface area contributed by atoms with Gasteiger partial charge in [-0.2, -0.15) is 0 Å². The maximum absolute atomic E-state index is 6.91. The number of ether oxygens (including phenoxy) is 3. The zero-order chi connectivity index (χ0) is 101. The van der Waals surface area contributed by atoms with Gasteiger partial charge < -0.3 is 27.9 Å². The van der Waals surface area contributed by atoms with Crippen molar-refractivity contribution in [3.63, 3.8) is 0 Å². The SMILES string of the molecule is CC(C)(C)c1ccc2c(c1)Oc1cccc3c1B2c1cc(-c2ccccc2)cc2c4cc(-c5ccccc5)ccc4n-3c12.CC(C)(C)c1ccc2c(c1)Oc1cccc3c1B2c1cc(-c2nc(-c4ccccc4)nc(-c4ccccc4)n2)cc2c4cc(-c5nc(-c6ccccc6)nc(-c6ccccc6)n5)ccc4n-3c12.CC(C)(C)c1ccc2c(c1)Oc1cccc3c1B2c1cc(C(C)(C)C)cc2c4cc(C(C)(C)C)ccc4n-3c12. The number of hydrogen-bond donors (Lipinski definition) is 0. The number of hydrogen-bond acceptors (Lipinski definition) is 9. The molecule has 716 valence electrons. The number of aromatic nitrogens is 9. The summed E-state index contributed by atoms with van der Waals surface area (Å²) in [4.78, 5) is 30.8. The molecule has 12 nitrogen and oxygen atoms in total. The lowest BCUT2D eigenvalue weighted by Gasteiger charge is -2.34. The predicted molar refractivity (Wildman–Crippen MR) is 620 cm³/mol. The molecule has 149 heavy (non-hydrogen) atoms. The summed E-state index contributed by atoms with van der Waals surface area (Å²) >= 11 is 0. The summed E-state index contributed by atoms with van der Waals surface area (Å²) < 4.78 is 27.8. The lowest BCUT2D eigenvalue weighted by molar-refractivity contribution is 0.483. The third-order valence-electron chi connectivity index (χ3n) is 31.4. The molecular weight excluding hydrogens is 1820 g/mol. The minimum absolute atomic E-state index is 0.0324. The van der Waals surface area contributed by atoms with E-state index in [0.717, 1.165) is 112 Å². The van der Waals surface area contributed by atoms with Crippen molar-refractivity contribution in [2.24, 2.45) is 0 Å². The first-order chi connectivity index (χ1) is 72.0. The van der Waals surface area contributed by atoms with Gasteiger partial charge >= 0.3 is 0 Å². The summed E-state index contributed by atoms with van der Waals surface area (Å²) in [6.07, 6.45) is 0. The second kappa shape index (κ2) is 33.8. The van der Waals surface area contributed by atoms with Crippen molar-refractivity contribution in [1.29, 1.82) is 0 Å². The average molecular weight is 1920 g/mol. The Balaban J connectivity index is 0.000000116. The fourth-order valence-corrected chi connectivity index (χ4v) is 23.7. The van der Waals surface area contributed by atoms with E-state index in [1.165, 1.54) is 138 Å². The lowest BCUT2D eigenvalue weighted by atomic mass is 9.34. The Morgan fingerprint density at radius 3 is 0.805 bits per heavy atom. The highest BCUT2D eigenvalue weighted by molar-refractivity contribution is 7.01. The molecule has 0 spiro atoms. The molecule has 0 amide bonds. The molecule has 18 aromatic carbocycles. The van der Waals surface area contributed by atoms with Crippen molar-refractivity contribution in [2.45, 2.75) is 131 Å². The van der Waals surface area contributed by atoms with Crippen molar-refractivity contribution in [2.75, 3.05) is 0 Å². The van der Waals surface area contributed by atoms with Gasteiger partial charge in [0.05, 0.1) is 16.6 Å². The molecule has 15 heteroatoms. The molecule has 0 atom stereocenters. The Morgan fingerprint density at radius 2 is 0.443 bits per heavy atom. The zero-order valence-corrected chi connectivity index (χ0v) is 86.4. The first kappa shape index (κ1) is 90.7. The maximum atomic E-state index is 6.91. The average Bonchev–Trinajstić information content (AvgIpc) is 1.56. The molecule has 0 saturated heterocycles. The van der Waals surface area contributed by atoms with Gasteiger partial charge in [0.2, 0.25) is 0 Å². The molecule has 0 saturated carbocycles.